The van der Waals surface area contributed by atoms with Crippen molar-refractivity contribution >= 4 is 0 Å². The lowest BCUT2D eigenvalue weighted by Gasteiger charge is -1.98. The maximum atomic E-state index is 8.72. The van der Waals surface area contributed by atoms with Gasteiger partial charge < -0.3 is 0 Å². The van der Waals surface area contributed by atoms with Gasteiger partial charge in [-0.25, -0.2) is 0 Å². The van der Waals surface area contributed by atoms with Crippen molar-refractivity contribution in [3.63, 3.8) is 0 Å². The van der Waals surface area contributed by atoms with Gasteiger partial charge in [0.15, 0.2) is 0 Å². The Hall–Kier alpha value is -2.31. The number of aryl methyl sites for hydroxylation is 1. The summed E-state index contributed by atoms with van der Waals surface area (Å²) in [6, 6.07) is 11.8. The zero-order valence-electron chi connectivity index (χ0n) is 7.41. The Morgan fingerprint density at radius 1 is 1.14 bits per heavy atom. The second kappa shape index (κ2) is 4.65. The van der Waals surface area contributed by atoms with Crippen molar-refractivity contribution in [3.05, 3.63) is 34.9 Å². The molecule has 0 N–H and O–H groups in total. The summed E-state index contributed by atoms with van der Waals surface area (Å²) >= 11 is 0. The van der Waals surface area contributed by atoms with Gasteiger partial charge in [-0.15, -0.1) is 0 Å². The van der Waals surface area contributed by atoms with E-state index in [2.05, 4.69) is 6.07 Å². The molecule has 0 atom stereocenters. The highest BCUT2D eigenvalue weighted by Gasteiger charge is 2.02. The fourth-order valence-electron chi connectivity index (χ4n) is 1.06. The first-order chi connectivity index (χ1) is 6.81. The molecule has 3 nitrogen and oxygen atoms in total. The Balaban J connectivity index is 3.00. The van der Waals surface area contributed by atoms with Crippen LogP contribution >= 0.6 is 0 Å². The predicted molar refractivity (Wildman–Crippen MR) is 48.6 cm³/mol. The van der Waals surface area contributed by atoms with Crippen LogP contribution in [0.1, 0.15) is 23.1 Å². The molecule has 0 spiro atoms. The summed E-state index contributed by atoms with van der Waals surface area (Å²) in [6.07, 6.45) is 0.962. The molecule has 0 aliphatic rings. The Bertz CT molecular complexity index is 455. The van der Waals surface area contributed by atoms with Crippen LogP contribution in [0, 0.1) is 40.1 Å². The normalized spacial score (nSPS) is 8.36. The van der Waals surface area contributed by atoms with Crippen LogP contribution in [0.25, 0.3) is 0 Å². The third kappa shape index (κ3) is 2.09. The van der Waals surface area contributed by atoms with Gasteiger partial charge in [0.25, 0.3) is 0 Å². The van der Waals surface area contributed by atoms with Crippen molar-refractivity contribution in [2.45, 2.75) is 12.8 Å². The number of benzene rings is 1. The summed E-state index contributed by atoms with van der Waals surface area (Å²) in [7, 11) is 0. The average Bonchev–Trinajstić information content (AvgIpc) is 2.25. The van der Waals surface area contributed by atoms with Crippen LogP contribution in [0.15, 0.2) is 12.1 Å². The number of rotatable bonds is 2. The third-order valence-corrected chi connectivity index (χ3v) is 1.76. The van der Waals surface area contributed by atoms with E-state index in [1.807, 2.05) is 18.2 Å². The standard InChI is InChI=1S/C11H6N3/c12-5-1-2-9-3-4-10(7-13)11(6-9)8-14/h4,6H,1-2H2. The minimum absolute atomic E-state index is 0.327. The van der Waals surface area contributed by atoms with Crippen molar-refractivity contribution in [1.82, 2.24) is 0 Å². The Kier molecular flexibility index (Phi) is 3.25. The molecule has 1 aromatic carbocycles. The van der Waals surface area contributed by atoms with E-state index in [1.165, 1.54) is 6.07 Å². The SMILES string of the molecule is N#CCCc1[c]cc(C#N)c(C#N)c1. The molecular formula is C11H6N3. The fourth-order valence-corrected chi connectivity index (χ4v) is 1.06. The molecule has 0 aromatic heterocycles. The molecule has 0 heterocycles. The minimum atomic E-state index is 0.327. The maximum Gasteiger partial charge on any atom is 0.101 e. The molecule has 1 aromatic rings. The lowest BCUT2D eigenvalue weighted by atomic mass is 10.0. The topological polar surface area (TPSA) is 71.4 Å². The van der Waals surface area contributed by atoms with E-state index in [0.717, 1.165) is 5.56 Å². The lowest BCUT2D eigenvalue weighted by molar-refractivity contribution is 1.01. The van der Waals surface area contributed by atoms with Crippen LogP contribution in [-0.4, -0.2) is 0 Å². The molecule has 65 valence electrons. The van der Waals surface area contributed by atoms with Gasteiger partial charge in [-0.3, -0.25) is 0 Å². The van der Waals surface area contributed by atoms with Crippen molar-refractivity contribution in [2.24, 2.45) is 0 Å². The summed E-state index contributed by atoms with van der Waals surface area (Å²) in [5.74, 6) is 0. The molecule has 0 amide bonds. The molecule has 1 rings (SSSR count). The van der Waals surface area contributed by atoms with Crippen LogP contribution in [-0.2, 0) is 6.42 Å². The zero-order valence-corrected chi connectivity index (χ0v) is 7.41. The molecule has 0 saturated carbocycles. The zero-order chi connectivity index (χ0) is 10.4. The number of hydrogen-bond donors (Lipinski definition) is 0. The molecule has 0 aliphatic heterocycles. The minimum Gasteiger partial charge on any atom is -0.198 e. The van der Waals surface area contributed by atoms with Crippen LogP contribution in [0.5, 0.6) is 0 Å². The van der Waals surface area contributed by atoms with Crippen molar-refractivity contribution < 1.29 is 0 Å². The van der Waals surface area contributed by atoms with Crippen LogP contribution in [0.4, 0.5) is 0 Å². The maximum absolute atomic E-state index is 8.72. The first kappa shape index (κ1) is 9.78. The van der Waals surface area contributed by atoms with Crippen molar-refractivity contribution in [2.75, 3.05) is 0 Å². The van der Waals surface area contributed by atoms with Gasteiger partial charge >= 0.3 is 0 Å². The first-order valence-electron chi connectivity index (χ1n) is 4.03. The summed E-state index contributed by atoms with van der Waals surface area (Å²) in [4.78, 5) is 0. The van der Waals surface area contributed by atoms with Crippen molar-refractivity contribution in [3.8, 4) is 18.2 Å². The molecule has 0 fully saturated rings. The molecule has 1 radical (unpaired) electrons. The Morgan fingerprint density at radius 3 is 2.43 bits per heavy atom. The largest absolute Gasteiger partial charge is 0.198 e. The van der Waals surface area contributed by atoms with E-state index >= 15 is 0 Å². The van der Waals surface area contributed by atoms with Gasteiger partial charge in [0.2, 0.25) is 0 Å². The lowest BCUT2D eigenvalue weighted by Crippen LogP contribution is -1.89. The molecule has 0 unspecified atom stereocenters. The van der Waals surface area contributed by atoms with E-state index in [4.69, 9.17) is 15.8 Å². The predicted octanol–water partition coefficient (Wildman–Crippen LogP) is 1.69. The highest BCUT2D eigenvalue weighted by Crippen LogP contribution is 2.10. The van der Waals surface area contributed by atoms with Gasteiger partial charge in [0, 0.05) is 6.42 Å². The number of nitriles is 3. The molecule has 0 aliphatic carbocycles. The first-order valence-corrected chi connectivity index (χ1v) is 4.03. The molecule has 14 heavy (non-hydrogen) atoms. The molecule has 0 saturated heterocycles. The van der Waals surface area contributed by atoms with Gasteiger partial charge in [0.05, 0.1) is 17.2 Å². The van der Waals surface area contributed by atoms with E-state index in [9.17, 15) is 0 Å². The van der Waals surface area contributed by atoms with E-state index in [0.29, 0.717) is 24.0 Å². The van der Waals surface area contributed by atoms with Gasteiger partial charge in [-0.1, -0.05) is 0 Å². The second-order valence-electron chi connectivity index (χ2n) is 2.67. The van der Waals surface area contributed by atoms with E-state index < -0.39 is 0 Å². The monoisotopic (exact) mass is 180 g/mol. The Labute approximate surface area is 82.4 Å². The van der Waals surface area contributed by atoms with E-state index in [-0.39, 0.29) is 0 Å². The summed E-state index contributed by atoms with van der Waals surface area (Å²) in [5, 5.41) is 25.7. The molecular weight excluding hydrogens is 174 g/mol. The second-order valence-corrected chi connectivity index (χ2v) is 2.67. The van der Waals surface area contributed by atoms with Crippen molar-refractivity contribution in [1.29, 1.82) is 15.8 Å². The highest BCUT2D eigenvalue weighted by molar-refractivity contribution is 5.46. The summed E-state index contributed by atoms with van der Waals surface area (Å²) in [6.45, 7) is 0. The third-order valence-electron chi connectivity index (χ3n) is 1.76. The van der Waals surface area contributed by atoms with Gasteiger partial charge in [0.1, 0.15) is 12.1 Å². The van der Waals surface area contributed by atoms with Crippen LogP contribution in [0.3, 0.4) is 0 Å². The molecule has 0 bridgehead atoms. The number of nitrogens with zero attached hydrogens (tertiary/aromatic N) is 3. The van der Waals surface area contributed by atoms with E-state index in [1.54, 1.807) is 6.07 Å². The summed E-state index contributed by atoms with van der Waals surface area (Å²) < 4.78 is 0. The van der Waals surface area contributed by atoms with Gasteiger partial charge in [-0.2, -0.15) is 15.8 Å². The Morgan fingerprint density at radius 2 is 1.86 bits per heavy atom. The smallest absolute Gasteiger partial charge is 0.101 e. The average molecular weight is 180 g/mol. The van der Waals surface area contributed by atoms with Crippen LogP contribution < -0.4 is 0 Å². The quantitative estimate of drug-likeness (QED) is 0.695. The summed E-state index contributed by atoms with van der Waals surface area (Å²) in [5.41, 5.74) is 1.47. The van der Waals surface area contributed by atoms with Gasteiger partial charge in [-0.05, 0) is 30.2 Å². The van der Waals surface area contributed by atoms with Crippen LogP contribution in [0.2, 0.25) is 0 Å². The fraction of sp³-hybridized carbons (Fsp3) is 0.182. The highest BCUT2D eigenvalue weighted by atomic mass is 14.3. The number of hydrogen-bond acceptors (Lipinski definition) is 3. The molecule has 3 heteroatoms.